The van der Waals surface area contributed by atoms with Crippen molar-refractivity contribution in [3.63, 3.8) is 0 Å². The van der Waals surface area contributed by atoms with Crippen molar-refractivity contribution in [3.8, 4) is 0 Å². The van der Waals surface area contributed by atoms with Crippen LogP contribution in [0, 0.1) is 13.8 Å². The first-order valence-electron chi connectivity index (χ1n) is 6.31. The number of carbonyl (C=O) groups is 1. The second-order valence-corrected chi connectivity index (χ2v) is 4.92. The monoisotopic (exact) mass is 257 g/mol. The van der Waals surface area contributed by atoms with Crippen molar-refractivity contribution in [2.24, 2.45) is 0 Å². The summed E-state index contributed by atoms with van der Waals surface area (Å²) in [4.78, 5) is 18.1. The molecule has 0 N–H and O–H groups in total. The van der Waals surface area contributed by atoms with E-state index in [-0.39, 0.29) is 11.8 Å². The van der Waals surface area contributed by atoms with Crippen LogP contribution in [0.5, 0.6) is 0 Å². The van der Waals surface area contributed by atoms with Gasteiger partial charge in [0.2, 0.25) is 11.8 Å². The molecule has 0 saturated carbocycles. The van der Waals surface area contributed by atoms with E-state index >= 15 is 0 Å². The molecule has 0 aliphatic carbocycles. The van der Waals surface area contributed by atoms with Crippen LogP contribution in [-0.4, -0.2) is 22.6 Å². The Morgan fingerprint density at radius 1 is 1.37 bits per heavy atom. The number of rotatable bonds is 2. The third-order valence-corrected chi connectivity index (χ3v) is 3.35. The molecule has 1 aliphatic rings. The molecular formula is C14H15N3O2. The largest absolute Gasteiger partial charge is 0.340 e. The van der Waals surface area contributed by atoms with Crippen molar-refractivity contribution >= 4 is 11.6 Å². The molecule has 98 valence electrons. The predicted molar refractivity (Wildman–Crippen MR) is 69.9 cm³/mol. The minimum Gasteiger partial charge on any atom is -0.340 e. The maximum Gasteiger partial charge on any atom is 0.227 e. The molecule has 0 bridgehead atoms. The summed E-state index contributed by atoms with van der Waals surface area (Å²) in [5.74, 6) is 1.29. The molecule has 3 rings (SSSR count). The van der Waals surface area contributed by atoms with Crippen molar-refractivity contribution in [3.05, 3.63) is 41.5 Å². The van der Waals surface area contributed by atoms with E-state index in [1.54, 1.807) is 11.8 Å². The highest BCUT2D eigenvalue weighted by molar-refractivity contribution is 5.96. The lowest BCUT2D eigenvalue weighted by atomic mass is 10.1. The third kappa shape index (κ3) is 2.23. The summed E-state index contributed by atoms with van der Waals surface area (Å²) < 4.78 is 4.98. The van der Waals surface area contributed by atoms with E-state index < -0.39 is 0 Å². The minimum atomic E-state index is 0.0189. The summed E-state index contributed by atoms with van der Waals surface area (Å²) in [6.07, 6.45) is 0.437. The van der Waals surface area contributed by atoms with Crippen molar-refractivity contribution in [1.29, 1.82) is 0 Å². The number of nitrogens with zero attached hydrogens (tertiary/aromatic N) is 3. The molecule has 0 spiro atoms. The Balaban J connectivity index is 1.84. The molecule has 1 amide bonds. The zero-order valence-corrected chi connectivity index (χ0v) is 11.0. The average Bonchev–Trinajstić information content (AvgIpc) is 2.95. The molecule has 1 atom stereocenters. The van der Waals surface area contributed by atoms with E-state index in [0.29, 0.717) is 24.7 Å². The molecule has 19 heavy (non-hydrogen) atoms. The zero-order chi connectivity index (χ0) is 13.4. The molecule has 1 aliphatic heterocycles. The normalized spacial score (nSPS) is 19.2. The van der Waals surface area contributed by atoms with Gasteiger partial charge in [0, 0.05) is 31.5 Å². The number of hydrogen-bond donors (Lipinski definition) is 0. The topological polar surface area (TPSA) is 59.2 Å². The van der Waals surface area contributed by atoms with Gasteiger partial charge in [0.15, 0.2) is 5.82 Å². The third-order valence-electron chi connectivity index (χ3n) is 3.35. The Morgan fingerprint density at radius 2 is 2.21 bits per heavy atom. The molecule has 2 heterocycles. The first-order valence-corrected chi connectivity index (χ1v) is 6.31. The minimum absolute atomic E-state index is 0.0189. The lowest BCUT2D eigenvalue weighted by molar-refractivity contribution is -0.117. The van der Waals surface area contributed by atoms with Crippen LogP contribution < -0.4 is 4.90 Å². The van der Waals surface area contributed by atoms with Gasteiger partial charge < -0.3 is 9.42 Å². The van der Waals surface area contributed by atoms with E-state index in [9.17, 15) is 4.79 Å². The van der Waals surface area contributed by atoms with Crippen LogP contribution in [0.25, 0.3) is 0 Å². The van der Waals surface area contributed by atoms with E-state index in [1.165, 1.54) is 0 Å². The quantitative estimate of drug-likeness (QED) is 0.827. The summed E-state index contributed by atoms with van der Waals surface area (Å²) in [6, 6.07) is 7.95. The lowest BCUT2D eigenvalue weighted by Crippen LogP contribution is -2.24. The fraction of sp³-hybridized carbons (Fsp3) is 0.357. The molecule has 2 aromatic rings. The van der Waals surface area contributed by atoms with E-state index in [0.717, 1.165) is 11.3 Å². The summed E-state index contributed by atoms with van der Waals surface area (Å²) in [5, 5.41) is 3.91. The number of amides is 1. The van der Waals surface area contributed by atoms with Crippen LogP contribution in [-0.2, 0) is 4.79 Å². The zero-order valence-electron chi connectivity index (χ0n) is 11.0. The van der Waals surface area contributed by atoms with E-state index in [1.807, 2.05) is 31.2 Å². The first kappa shape index (κ1) is 11.9. The molecule has 5 nitrogen and oxygen atoms in total. The lowest BCUT2D eigenvalue weighted by Gasteiger charge is -2.16. The summed E-state index contributed by atoms with van der Waals surface area (Å²) in [6.45, 7) is 4.39. The van der Waals surface area contributed by atoms with Gasteiger partial charge in [-0.3, -0.25) is 4.79 Å². The van der Waals surface area contributed by atoms with Gasteiger partial charge in [0.05, 0.1) is 0 Å². The van der Waals surface area contributed by atoms with Crippen LogP contribution in [0.3, 0.4) is 0 Å². The number of aryl methyl sites for hydroxylation is 2. The van der Waals surface area contributed by atoms with Crippen molar-refractivity contribution in [2.75, 3.05) is 11.4 Å². The van der Waals surface area contributed by atoms with E-state index in [2.05, 4.69) is 10.1 Å². The predicted octanol–water partition coefficient (Wildman–Crippen LogP) is 2.21. The Bertz CT molecular complexity index is 621. The number of hydrogen-bond acceptors (Lipinski definition) is 4. The van der Waals surface area contributed by atoms with Crippen LogP contribution in [0.2, 0.25) is 0 Å². The summed E-state index contributed by atoms with van der Waals surface area (Å²) >= 11 is 0. The van der Waals surface area contributed by atoms with Gasteiger partial charge in [0.25, 0.3) is 0 Å². The molecule has 1 unspecified atom stereocenters. The Morgan fingerprint density at radius 3 is 2.89 bits per heavy atom. The van der Waals surface area contributed by atoms with Gasteiger partial charge in [-0.2, -0.15) is 4.98 Å². The van der Waals surface area contributed by atoms with E-state index in [4.69, 9.17) is 4.52 Å². The van der Waals surface area contributed by atoms with Gasteiger partial charge in [-0.25, -0.2) is 0 Å². The smallest absolute Gasteiger partial charge is 0.227 e. The molecule has 1 fully saturated rings. The molecule has 1 aromatic carbocycles. The van der Waals surface area contributed by atoms with Crippen LogP contribution in [0.1, 0.15) is 29.6 Å². The van der Waals surface area contributed by atoms with Gasteiger partial charge in [-0.05, 0) is 24.6 Å². The van der Waals surface area contributed by atoms with Crippen LogP contribution in [0.4, 0.5) is 5.69 Å². The fourth-order valence-corrected chi connectivity index (χ4v) is 2.41. The van der Waals surface area contributed by atoms with Crippen LogP contribution in [0.15, 0.2) is 28.8 Å². The molecule has 1 aromatic heterocycles. The summed E-state index contributed by atoms with van der Waals surface area (Å²) in [5.41, 5.74) is 2.08. The van der Waals surface area contributed by atoms with Gasteiger partial charge in [-0.15, -0.1) is 0 Å². The average molecular weight is 257 g/mol. The summed E-state index contributed by atoms with van der Waals surface area (Å²) in [7, 11) is 0. The molecular weight excluding hydrogens is 242 g/mol. The molecule has 1 saturated heterocycles. The first-order chi connectivity index (χ1) is 9.13. The van der Waals surface area contributed by atoms with Crippen molar-refractivity contribution < 1.29 is 9.32 Å². The molecule has 0 radical (unpaired) electrons. The number of aromatic nitrogens is 2. The SMILES string of the molecule is Cc1cccc(N2CC(c3noc(C)n3)CC2=O)c1. The standard InChI is InChI=1S/C14H15N3O2/c1-9-4-3-5-12(6-9)17-8-11(7-13(17)18)14-15-10(2)19-16-14/h3-6,11H,7-8H2,1-2H3. The number of carbonyl (C=O) groups excluding carboxylic acids is 1. The molecule has 5 heteroatoms. The maximum absolute atomic E-state index is 12.1. The highest BCUT2D eigenvalue weighted by Crippen LogP contribution is 2.30. The second-order valence-electron chi connectivity index (χ2n) is 4.92. The Hall–Kier alpha value is -2.17. The van der Waals surface area contributed by atoms with Gasteiger partial charge in [0.1, 0.15) is 0 Å². The van der Waals surface area contributed by atoms with Crippen LogP contribution >= 0.6 is 0 Å². The second kappa shape index (κ2) is 4.50. The van der Waals surface area contributed by atoms with Crippen molar-refractivity contribution in [1.82, 2.24) is 10.1 Å². The highest BCUT2D eigenvalue weighted by atomic mass is 16.5. The number of anilines is 1. The number of benzene rings is 1. The van der Waals surface area contributed by atoms with Crippen molar-refractivity contribution in [2.45, 2.75) is 26.2 Å². The highest BCUT2D eigenvalue weighted by Gasteiger charge is 2.34. The Kier molecular flexibility index (Phi) is 2.81. The van der Waals surface area contributed by atoms with Gasteiger partial charge in [-0.1, -0.05) is 17.3 Å². The Labute approximate surface area is 111 Å². The van der Waals surface area contributed by atoms with Gasteiger partial charge >= 0.3 is 0 Å². The fourth-order valence-electron chi connectivity index (χ4n) is 2.41. The maximum atomic E-state index is 12.1.